The highest BCUT2D eigenvalue weighted by molar-refractivity contribution is 9.10. The van der Waals surface area contributed by atoms with Crippen LogP contribution in [0.4, 0.5) is 0 Å². The van der Waals surface area contributed by atoms with Gasteiger partial charge in [-0.1, -0.05) is 22.9 Å². The second kappa shape index (κ2) is 5.34. The first-order valence-electron chi connectivity index (χ1n) is 5.02. The van der Waals surface area contributed by atoms with Crippen molar-refractivity contribution >= 4 is 21.9 Å². The molecule has 4 heteroatoms. The number of carboxylic acids is 1. The van der Waals surface area contributed by atoms with Gasteiger partial charge >= 0.3 is 5.97 Å². The third-order valence-electron chi connectivity index (χ3n) is 2.64. The van der Waals surface area contributed by atoms with Crippen molar-refractivity contribution in [1.29, 1.82) is 0 Å². The van der Waals surface area contributed by atoms with Gasteiger partial charge in [0, 0.05) is 4.47 Å². The van der Waals surface area contributed by atoms with Crippen molar-refractivity contribution in [2.75, 3.05) is 7.11 Å². The monoisotopic (exact) mass is 286 g/mol. The van der Waals surface area contributed by atoms with E-state index in [0.29, 0.717) is 6.42 Å². The van der Waals surface area contributed by atoms with E-state index in [9.17, 15) is 4.79 Å². The van der Waals surface area contributed by atoms with Crippen LogP contribution in [0.1, 0.15) is 18.1 Å². The Balaban J connectivity index is 3.10. The number of ether oxygens (including phenoxy) is 1. The van der Waals surface area contributed by atoms with Gasteiger partial charge in [-0.25, -0.2) is 0 Å². The summed E-state index contributed by atoms with van der Waals surface area (Å²) in [4.78, 5) is 10.8. The summed E-state index contributed by atoms with van der Waals surface area (Å²) in [6.45, 7) is 3.65. The maximum absolute atomic E-state index is 10.8. The highest BCUT2D eigenvalue weighted by Gasteiger charge is 2.17. The molecule has 0 saturated heterocycles. The van der Waals surface area contributed by atoms with E-state index in [0.717, 1.165) is 21.3 Å². The Bertz CT molecular complexity index is 401. The number of halogens is 1. The second-order valence-electron chi connectivity index (χ2n) is 3.80. The molecule has 1 rings (SSSR count). The molecule has 0 heterocycles. The Morgan fingerprint density at radius 2 is 2.19 bits per heavy atom. The topological polar surface area (TPSA) is 46.5 Å². The van der Waals surface area contributed by atoms with Crippen LogP contribution < -0.4 is 4.74 Å². The molecule has 0 fully saturated rings. The first-order chi connectivity index (χ1) is 7.47. The summed E-state index contributed by atoms with van der Waals surface area (Å²) in [6, 6.07) is 3.75. The van der Waals surface area contributed by atoms with Gasteiger partial charge in [0.1, 0.15) is 5.75 Å². The Hall–Kier alpha value is -1.03. The normalized spacial score (nSPS) is 12.2. The van der Waals surface area contributed by atoms with Gasteiger partial charge in [-0.05, 0) is 36.6 Å². The minimum absolute atomic E-state index is 0.415. The van der Waals surface area contributed by atoms with Crippen LogP contribution in [-0.2, 0) is 11.2 Å². The predicted octanol–water partition coefficient (Wildman–Crippen LogP) is 3.03. The molecule has 0 aliphatic rings. The minimum atomic E-state index is -0.790. The zero-order valence-electron chi connectivity index (χ0n) is 9.58. The first kappa shape index (κ1) is 13.0. The number of rotatable bonds is 4. The number of aliphatic carboxylic acids is 1. The fraction of sp³-hybridized carbons (Fsp3) is 0.417. The summed E-state index contributed by atoms with van der Waals surface area (Å²) in [6.07, 6.45) is 0.476. The van der Waals surface area contributed by atoms with Crippen LogP contribution in [0.3, 0.4) is 0 Å². The Labute approximate surface area is 104 Å². The molecular weight excluding hydrogens is 272 g/mol. The quantitative estimate of drug-likeness (QED) is 0.926. The number of carboxylic acid groups (broad SMARTS) is 1. The number of methoxy groups -OCH3 is 1. The molecule has 0 amide bonds. The second-order valence-corrected chi connectivity index (χ2v) is 4.65. The van der Waals surface area contributed by atoms with E-state index in [1.54, 1.807) is 14.0 Å². The Morgan fingerprint density at radius 1 is 1.56 bits per heavy atom. The molecular formula is C12H15BrO3. The molecule has 0 bridgehead atoms. The van der Waals surface area contributed by atoms with E-state index < -0.39 is 11.9 Å². The number of carbonyl (C=O) groups is 1. The predicted molar refractivity (Wildman–Crippen MR) is 65.9 cm³/mol. The molecule has 1 aromatic carbocycles. The van der Waals surface area contributed by atoms with Crippen LogP contribution in [0.15, 0.2) is 16.6 Å². The Morgan fingerprint density at radius 3 is 2.69 bits per heavy atom. The average Bonchev–Trinajstić information content (AvgIpc) is 2.25. The van der Waals surface area contributed by atoms with Gasteiger partial charge in [0.25, 0.3) is 0 Å². The lowest BCUT2D eigenvalue weighted by molar-refractivity contribution is -0.141. The van der Waals surface area contributed by atoms with Crippen molar-refractivity contribution in [2.24, 2.45) is 5.92 Å². The van der Waals surface area contributed by atoms with E-state index >= 15 is 0 Å². The largest absolute Gasteiger partial charge is 0.496 e. The maximum Gasteiger partial charge on any atom is 0.306 e. The van der Waals surface area contributed by atoms with Crippen molar-refractivity contribution in [3.8, 4) is 5.75 Å². The summed E-state index contributed by atoms with van der Waals surface area (Å²) in [7, 11) is 1.59. The van der Waals surface area contributed by atoms with Crippen LogP contribution in [0.2, 0.25) is 0 Å². The molecule has 0 saturated carbocycles. The molecule has 3 nitrogen and oxygen atoms in total. The molecule has 0 aliphatic heterocycles. The van der Waals surface area contributed by atoms with Gasteiger partial charge in [-0.3, -0.25) is 4.79 Å². The maximum atomic E-state index is 10.8. The van der Waals surface area contributed by atoms with Crippen molar-refractivity contribution in [3.05, 3.63) is 27.7 Å². The molecule has 1 aromatic rings. The van der Waals surface area contributed by atoms with Crippen LogP contribution in [0, 0.1) is 12.8 Å². The molecule has 0 spiro atoms. The lowest BCUT2D eigenvalue weighted by atomic mass is 9.96. The number of benzene rings is 1. The average molecular weight is 287 g/mol. The zero-order chi connectivity index (χ0) is 12.3. The van der Waals surface area contributed by atoms with Gasteiger partial charge in [-0.2, -0.15) is 0 Å². The van der Waals surface area contributed by atoms with E-state index in [1.165, 1.54) is 0 Å². The molecule has 1 atom stereocenters. The van der Waals surface area contributed by atoms with Crippen molar-refractivity contribution in [1.82, 2.24) is 0 Å². The third kappa shape index (κ3) is 2.76. The molecule has 1 N–H and O–H groups in total. The molecule has 1 unspecified atom stereocenters. The SMILES string of the molecule is COc1ccc(Br)c(C)c1CC(C)C(=O)O. The van der Waals surface area contributed by atoms with Crippen LogP contribution in [0.5, 0.6) is 5.75 Å². The summed E-state index contributed by atoms with van der Waals surface area (Å²) in [5.41, 5.74) is 1.99. The summed E-state index contributed by atoms with van der Waals surface area (Å²) in [5, 5.41) is 8.91. The lowest BCUT2D eigenvalue weighted by Crippen LogP contribution is -2.13. The molecule has 88 valence electrons. The molecule has 0 aromatic heterocycles. The van der Waals surface area contributed by atoms with Gasteiger partial charge in [0.2, 0.25) is 0 Å². The van der Waals surface area contributed by atoms with Gasteiger partial charge in [0.15, 0.2) is 0 Å². The summed E-state index contributed by atoms with van der Waals surface area (Å²) >= 11 is 3.43. The molecule has 16 heavy (non-hydrogen) atoms. The lowest BCUT2D eigenvalue weighted by Gasteiger charge is -2.15. The standard InChI is InChI=1S/C12H15BrO3/c1-7(12(14)15)6-9-8(2)10(13)4-5-11(9)16-3/h4-5,7H,6H2,1-3H3,(H,14,15). The number of hydrogen-bond acceptors (Lipinski definition) is 2. The van der Waals surface area contributed by atoms with Gasteiger partial charge in [0.05, 0.1) is 13.0 Å². The highest BCUT2D eigenvalue weighted by atomic mass is 79.9. The highest BCUT2D eigenvalue weighted by Crippen LogP contribution is 2.30. The Kier molecular flexibility index (Phi) is 4.35. The smallest absolute Gasteiger partial charge is 0.306 e. The number of hydrogen-bond donors (Lipinski definition) is 1. The first-order valence-corrected chi connectivity index (χ1v) is 5.81. The molecule has 0 aliphatic carbocycles. The van der Waals surface area contributed by atoms with E-state index in [2.05, 4.69) is 15.9 Å². The van der Waals surface area contributed by atoms with Crippen LogP contribution in [-0.4, -0.2) is 18.2 Å². The van der Waals surface area contributed by atoms with Crippen LogP contribution >= 0.6 is 15.9 Å². The van der Waals surface area contributed by atoms with Crippen molar-refractivity contribution in [2.45, 2.75) is 20.3 Å². The van der Waals surface area contributed by atoms with Crippen LogP contribution in [0.25, 0.3) is 0 Å². The minimum Gasteiger partial charge on any atom is -0.496 e. The van der Waals surface area contributed by atoms with Gasteiger partial charge in [-0.15, -0.1) is 0 Å². The third-order valence-corrected chi connectivity index (χ3v) is 3.50. The van der Waals surface area contributed by atoms with E-state index in [4.69, 9.17) is 9.84 Å². The van der Waals surface area contributed by atoms with Gasteiger partial charge < -0.3 is 9.84 Å². The molecule has 0 radical (unpaired) electrons. The zero-order valence-corrected chi connectivity index (χ0v) is 11.2. The summed E-state index contributed by atoms with van der Waals surface area (Å²) < 4.78 is 6.22. The fourth-order valence-corrected chi connectivity index (χ4v) is 1.91. The van der Waals surface area contributed by atoms with Crippen molar-refractivity contribution < 1.29 is 14.6 Å². The summed E-state index contributed by atoms with van der Waals surface area (Å²) in [5.74, 6) is -0.461. The van der Waals surface area contributed by atoms with E-state index in [1.807, 2.05) is 19.1 Å². The van der Waals surface area contributed by atoms with Crippen molar-refractivity contribution in [3.63, 3.8) is 0 Å². The fourth-order valence-electron chi connectivity index (χ4n) is 1.54. The van der Waals surface area contributed by atoms with E-state index in [-0.39, 0.29) is 0 Å².